The molecule has 3 atom stereocenters. The summed E-state index contributed by atoms with van der Waals surface area (Å²) in [5.74, 6) is 0.806. The molecule has 1 aromatic rings. The number of nitrogens with zero attached hydrogens (tertiary/aromatic N) is 1. The van der Waals surface area contributed by atoms with Crippen LogP contribution in [0.1, 0.15) is 32.1 Å². The molecule has 110 valence electrons. The second kappa shape index (κ2) is 6.04. The third kappa shape index (κ3) is 2.93. The van der Waals surface area contributed by atoms with Gasteiger partial charge in [-0.3, -0.25) is 0 Å². The standard InChI is InChI=1S/C17H27N3/c1-20(2)14-7-3-6-13(12-14)19-17-9-4-8-15(17)16-10-5-11-18-16/h3,6-7,12,15-19H,4-5,8-11H2,1-2H3. The molecule has 3 heteroatoms. The molecule has 0 aromatic heterocycles. The Morgan fingerprint density at radius 2 is 2.05 bits per heavy atom. The van der Waals surface area contributed by atoms with Crippen molar-refractivity contribution in [3.63, 3.8) is 0 Å². The zero-order chi connectivity index (χ0) is 13.9. The van der Waals surface area contributed by atoms with E-state index in [1.165, 1.54) is 50.0 Å². The molecule has 2 fully saturated rings. The first-order valence-electron chi connectivity index (χ1n) is 8.01. The van der Waals surface area contributed by atoms with Crippen molar-refractivity contribution in [2.75, 3.05) is 30.9 Å². The molecule has 1 aromatic carbocycles. The Morgan fingerprint density at radius 1 is 1.15 bits per heavy atom. The van der Waals surface area contributed by atoms with Gasteiger partial charge in [-0.05, 0) is 56.3 Å². The first-order chi connectivity index (χ1) is 9.74. The number of anilines is 2. The molecular weight excluding hydrogens is 246 g/mol. The van der Waals surface area contributed by atoms with Crippen LogP contribution < -0.4 is 15.5 Å². The van der Waals surface area contributed by atoms with Gasteiger partial charge in [0.05, 0.1) is 0 Å². The molecule has 1 saturated carbocycles. The monoisotopic (exact) mass is 273 g/mol. The van der Waals surface area contributed by atoms with E-state index in [2.05, 4.69) is 53.9 Å². The normalized spacial score (nSPS) is 29.6. The molecule has 1 aliphatic carbocycles. The molecule has 3 unspecified atom stereocenters. The topological polar surface area (TPSA) is 27.3 Å². The molecule has 1 aliphatic heterocycles. The Kier molecular flexibility index (Phi) is 4.16. The van der Waals surface area contributed by atoms with Crippen LogP contribution in [0.15, 0.2) is 24.3 Å². The SMILES string of the molecule is CN(C)c1cccc(NC2CCCC2C2CCCN2)c1. The summed E-state index contributed by atoms with van der Waals surface area (Å²) >= 11 is 0. The lowest BCUT2D eigenvalue weighted by Gasteiger charge is -2.27. The fourth-order valence-electron chi connectivity index (χ4n) is 3.81. The Balaban J connectivity index is 1.68. The summed E-state index contributed by atoms with van der Waals surface area (Å²) in [6.45, 7) is 1.21. The maximum absolute atomic E-state index is 3.80. The highest BCUT2D eigenvalue weighted by atomic mass is 15.1. The Morgan fingerprint density at radius 3 is 2.80 bits per heavy atom. The van der Waals surface area contributed by atoms with Crippen LogP contribution in [-0.4, -0.2) is 32.7 Å². The summed E-state index contributed by atoms with van der Waals surface area (Å²) in [6, 6.07) is 10.2. The largest absolute Gasteiger partial charge is 0.382 e. The van der Waals surface area contributed by atoms with Gasteiger partial charge in [0, 0.05) is 37.6 Å². The van der Waals surface area contributed by atoms with Crippen LogP contribution >= 0.6 is 0 Å². The lowest BCUT2D eigenvalue weighted by Crippen LogP contribution is -2.38. The van der Waals surface area contributed by atoms with Gasteiger partial charge < -0.3 is 15.5 Å². The van der Waals surface area contributed by atoms with E-state index in [1.54, 1.807) is 0 Å². The molecule has 1 heterocycles. The fraction of sp³-hybridized carbons (Fsp3) is 0.647. The van der Waals surface area contributed by atoms with Crippen LogP contribution in [0.25, 0.3) is 0 Å². The summed E-state index contributed by atoms with van der Waals surface area (Å²) in [6.07, 6.45) is 6.77. The second-order valence-corrected chi connectivity index (χ2v) is 6.49. The number of hydrogen-bond acceptors (Lipinski definition) is 3. The molecular formula is C17H27N3. The van der Waals surface area contributed by atoms with E-state index in [4.69, 9.17) is 0 Å². The van der Waals surface area contributed by atoms with Crippen LogP contribution in [0.4, 0.5) is 11.4 Å². The van der Waals surface area contributed by atoms with Crippen molar-refractivity contribution < 1.29 is 0 Å². The maximum atomic E-state index is 3.80. The van der Waals surface area contributed by atoms with Gasteiger partial charge in [-0.25, -0.2) is 0 Å². The molecule has 2 N–H and O–H groups in total. The summed E-state index contributed by atoms with van der Waals surface area (Å²) in [5, 5.41) is 7.49. The van der Waals surface area contributed by atoms with E-state index in [9.17, 15) is 0 Å². The van der Waals surface area contributed by atoms with Gasteiger partial charge in [-0.1, -0.05) is 12.5 Å². The summed E-state index contributed by atoms with van der Waals surface area (Å²) in [4.78, 5) is 2.16. The van der Waals surface area contributed by atoms with Crippen molar-refractivity contribution in [2.45, 2.75) is 44.2 Å². The Hall–Kier alpha value is -1.22. The van der Waals surface area contributed by atoms with Crippen LogP contribution in [0.2, 0.25) is 0 Å². The van der Waals surface area contributed by atoms with Gasteiger partial charge in [0.25, 0.3) is 0 Å². The summed E-state index contributed by atoms with van der Waals surface area (Å²) in [5.41, 5.74) is 2.54. The van der Waals surface area contributed by atoms with Gasteiger partial charge in [-0.2, -0.15) is 0 Å². The molecule has 1 saturated heterocycles. The second-order valence-electron chi connectivity index (χ2n) is 6.49. The minimum absolute atomic E-state index is 0.642. The molecule has 0 spiro atoms. The molecule has 3 nitrogen and oxygen atoms in total. The van der Waals surface area contributed by atoms with Gasteiger partial charge in [-0.15, -0.1) is 0 Å². The fourth-order valence-corrected chi connectivity index (χ4v) is 3.81. The highest BCUT2D eigenvalue weighted by Crippen LogP contribution is 2.34. The van der Waals surface area contributed by atoms with E-state index in [1.807, 2.05) is 0 Å². The van der Waals surface area contributed by atoms with Gasteiger partial charge >= 0.3 is 0 Å². The first kappa shape index (κ1) is 13.7. The minimum Gasteiger partial charge on any atom is -0.382 e. The van der Waals surface area contributed by atoms with E-state index < -0.39 is 0 Å². The van der Waals surface area contributed by atoms with Gasteiger partial charge in [0.15, 0.2) is 0 Å². The minimum atomic E-state index is 0.642. The number of benzene rings is 1. The van der Waals surface area contributed by atoms with Crippen molar-refractivity contribution in [3.05, 3.63) is 24.3 Å². The van der Waals surface area contributed by atoms with Crippen molar-refractivity contribution in [1.82, 2.24) is 5.32 Å². The molecule has 3 rings (SSSR count). The molecule has 0 bridgehead atoms. The highest BCUT2D eigenvalue weighted by molar-refractivity contribution is 5.57. The van der Waals surface area contributed by atoms with E-state index in [0.717, 1.165) is 12.0 Å². The Bertz CT molecular complexity index is 438. The zero-order valence-corrected chi connectivity index (χ0v) is 12.7. The first-order valence-corrected chi connectivity index (χ1v) is 8.01. The van der Waals surface area contributed by atoms with E-state index >= 15 is 0 Å². The number of hydrogen-bond donors (Lipinski definition) is 2. The number of rotatable bonds is 4. The predicted molar refractivity (Wildman–Crippen MR) is 86.5 cm³/mol. The molecule has 20 heavy (non-hydrogen) atoms. The van der Waals surface area contributed by atoms with Gasteiger partial charge in [0.2, 0.25) is 0 Å². The Labute approximate surface area is 122 Å². The molecule has 0 radical (unpaired) electrons. The van der Waals surface area contributed by atoms with Crippen molar-refractivity contribution in [2.24, 2.45) is 5.92 Å². The predicted octanol–water partition coefficient (Wildman–Crippen LogP) is 3.09. The van der Waals surface area contributed by atoms with E-state index in [0.29, 0.717) is 6.04 Å². The van der Waals surface area contributed by atoms with Crippen molar-refractivity contribution in [3.8, 4) is 0 Å². The summed E-state index contributed by atoms with van der Waals surface area (Å²) < 4.78 is 0. The lowest BCUT2D eigenvalue weighted by atomic mass is 9.93. The third-order valence-electron chi connectivity index (χ3n) is 4.90. The summed E-state index contributed by atoms with van der Waals surface area (Å²) in [7, 11) is 4.19. The van der Waals surface area contributed by atoms with E-state index in [-0.39, 0.29) is 0 Å². The van der Waals surface area contributed by atoms with Crippen LogP contribution in [0, 0.1) is 5.92 Å². The van der Waals surface area contributed by atoms with Crippen molar-refractivity contribution in [1.29, 1.82) is 0 Å². The molecule has 2 aliphatic rings. The third-order valence-corrected chi connectivity index (χ3v) is 4.90. The van der Waals surface area contributed by atoms with Crippen LogP contribution in [0.5, 0.6) is 0 Å². The van der Waals surface area contributed by atoms with Crippen molar-refractivity contribution >= 4 is 11.4 Å². The van der Waals surface area contributed by atoms with Gasteiger partial charge in [0.1, 0.15) is 0 Å². The quantitative estimate of drug-likeness (QED) is 0.883. The van der Waals surface area contributed by atoms with Crippen LogP contribution in [0.3, 0.4) is 0 Å². The molecule has 0 amide bonds. The smallest absolute Gasteiger partial charge is 0.0381 e. The number of nitrogens with one attached hydrogen (secondary N) is 2. The lowest BCUT2D eigenvalue weighted by molar-refractivity contribution is 0.376. The highest BCUT2D eigenvalue weighted by Gasteiger charge is 2.34. The average molecular weight is 273 g/mol. The van der Waals surface area contributed by atoms with Crippen LogP contribution in [-0.2, 0) is 0 Å². The maximum Gasteiger partial charge on any atom is 0.0381 e. The zero-order valence-electron chi connectivity index (χ0n) is 12.7. The average Bonchev–Trinajstić information content (AvgIpc) is 3.09.